The van der Waals surface area contributed by atoms with Crippen molar-refractivity contribution < 1.29 is 53.6 Å². The van der Waals surface area contributed by atoms with Gasteiger partial charge in [-0.25, -0.2) is 4.79 Å². The molecule has 0 aliphatic rings. The van der Waals surface area contributed by atoms with Gasteiger partial charge in [0.05, 0.1) is 13.2 Å². The number of nitrogens with two attached hydrogens (primary N) is 1. The number of aliphatic hydroxyl groups excluding tert-OH is 3. The highest BCUT2D eigenvalue weighted by Gasteiger charge is 2.37. The van der Waals surface area contributed by atoms with Gasteiger partial charge in [0, 0.05) is 13.3 Å². The predicted octanol–water partition coefficient (Wildman–Crippen LogP) is -3.22. The zero-order chi connectivity index (χ0) is 29.4. The standard InChI is InChI=1S/C23H40N4O11/c1-5-6-9-37-23(36)15(7-8-18(24)32)27-21(34)12(2)25-22(35)13(3)38-20(19(33)17(31)11-29)16(10-28)26-14(4)30/h10,12-13,15-17,19-20,29,31,33H,5-9,11H2,1-4H3,(H2,24,32)(H,25,35)(H,26,30)(H,27,34). The van der Waals surface area contributed by atoms with Gasteiger partial charge in [0.1, 0.15) is 48.8 Å². The number of aliphatic hydroxyl groups is 3. The summed E-state index contributed by atoms with van der Waals surface area (Å²) in [6.07, 6.45) is -5.41. The van der Waals surface area contributed by atoms with E-state index in [9.17, 15) is 39.0 Å². The molecule has 7 atom stereocenters. The van der Waals surface area contributed by atoms with Crippen LogP contribution in [0.15, 0.2) is 0 Å². The summed E-state index contributed by atoms with van der Waals surface area (Å²) in [4.78, 5) is 71.7. The first-order chi connectivity index (χ1) is 17.8. The normalized spacial score (nSPS) is 16.5. The van der Waals surface area contributed by atoms with Gasteiger partial charge in [0.2, 0.25) is 23.6 Å². The zero-order valence-electron chi connectivity index (χ0n) is 22.0. The first-order valence-corrected chi connectivity index (χ1v) is 12.2. The topological polar surface area (TPSA) is 244 Å². The Bertz CT molecular complexity index is 810. The highest BCUT2D eigenvalue weighted by atomic mass is 16.5. The lowest BCUT2D eigenvalue weighted by Gasteiger charge is -2.32. The number of amides is 4. The third-order valence-corrected chi connectivity index (χ3v) is 5.29. The molecule has 0 radical (unpaired) electrons. The molecule has 8 N–H and O–H groups in total. The Morgan fingerprint density at radius 1 is 1.03 bits per heavy atom. The number of hydrogen-bond donors (Lipinski definition) is 7. The van der Waals surface area contributed by atoms with Crippen LogP contribution in [0.25, 0.3) is 0 Å². The van der Waals surface area contributed by atoms with Crippen LogP contribution in [0.4, 0.5) is 0 Å². The number of rotatable bonds is 19. The number of ether oxygens (including phenoxy) is 2. The van der Waals surface area contributed by atoms with Gasteiger partial charge in [-0.3, -0.25) is 19.2 Å². The molecule has 0 fully saturated rings. The van der Waals surface area contributed by atoms with Gasteiger partial charge < -0.3 is 51.3 Å². The van der Waals surface area contributed by atoms with Gasteiger partial charge >= 0.3 is 5.97 Å². The first kappa shape index (κ1) is 34.9. The van der Waals surface area contributed by atoms with Crippen LogP contribution >= 0.6 is 0 Å². The van der Waals surface area contributed by atoms with E-state index in [1.165, 1.54) is 13.8 Å². The highest BCUT2D eigenvalue weighted by Crippen LogP contribution is 2.12. The Hall–Kier alpha value is -3.14. The number of aldehydes is 1. The van der Waals surface area contributed by atoms with Crippen molar-refractivity contribution in [1.29, 1.82) is 0 Å². The smallest absolute Gasteiger partial charge is 0.328 e. The molecule has 0 saturated carbocycles. The predicted molar refractivity (Wildman–Crippen MR) is 131 cm³/mol. The van der Waals surface area contributed by atoms with Gasteiger partial charge in [0.25, 0.3) is 0 Å². The summed E-state index contributed by atoms with van der Waals surface area (Å²) in [5.74, 6) is -3.78. The lowest BCUT2D eigenvalue weighted by atomic mass is 10.0. The van der Waals surface area contributed by atoms with E-state index in [4.69, 9.17) is 20.3 Å². The summed E-state index contributed by atoms with van der Waals surface area (Å²) in [6, 6.07) is -3.88. The maximum atomic E-state index is 12.7. The first-order valence-electron chi connectivity index (χ1n) is 12.2. The van der Waals surface area contributed by atoms with E-state index in [2.05, 4.69) is 16.0 Å². The van der Waals surface area contributed by atoms with Crippen LogP contribution in [0.1, 0.15) is 53.4 Å². The van der Waals surface area contributed by atoms with Crippen molar-refractivity contribution >= 4 is 35.9 Å². The van der Waals surface area contributed by atoms with Gasteiger partial charge in [-0.05, 0) is 26.7 Å². The molecule has 0 aromatic rings. The summed E-state index contributed by atoms with van der Waals surface area (Å²) in [7, 11) is 0. The van der Waals surface area contributed by atoms with Crippen molar-refractivity contribution in [3.05, 3.63) is 0 Å². The molecular weight excluding hydrogens is 508 g/mol. The van der Waals surface area contributed by atoms with E-state index in [-0.39, 0.29) is 25.7 Å². The van der Waals surface area contributed by atoms with Crippen molar-refractivity contribution in [3.8, 4) is 0 Å². The fraction of sp³-hybridized carbons (Fsp3) is 0.739. The van der Waals surface area contributed by atoms with Crippen molar-refractivity contribution in [2.45, 2.75) is 95.9 Å². The molecule has 7 unspecified atom stereocenters. The molecule has 0 saturated heterocycles. The van der Waals surface area contributed by atoms with Gasteiger partial charge in [-0.1, -0.05) is 13.3 Å². The molecule has 0 heterocycles. The Morgan fingerprint density at radius 2 is 1.66 bits per heavy atom. The molecule has 0 aliphatic carbocycles. The van der Waals surface area contributed by atoms with Crippen LogP contribution in [-0.2, 0) is 38.2 Å². The monoisotopic (exact) mass is 548 g/mol. The van der Waals surface area contributed by atoms with E-state index in [1.54, 1.807) is 0 Å². The van der Waals surface area contributed by atoms with Gasteiger partial charge in [-0.15, -0.1) is 0 Å². The van der Waals surface area contributed by atoms with Crippen LogP contribution in [0.2, 0.25) is 0 Å². The second-order valence-electron chi connectivity index (χ2n) is 8.66. The fourth-order valence-corrected chi connectivity index (χ4v) is 3.08. The van der Waals surface area contributed by atoms with Gasteiger partial charge in [0.15, 0.2) is 0 Å². The molecule has 0 rings (SSSR count). The number of carbonyl (C=O) groups is 6. The van der Waals surface area contributed by atoms with Crippen molar-refractivity contribution in [1.82, 2.24) is 16.0 Å². The Morgan fingerprint density at radius 3 is 2.16 bits per heavy atom. The van der Waals surface area contributed by atoms with Crippen molar-refractivity contribution in [2.24, 2.45) is 5.73 Å². The quantitative estimate of drug-likeness (QED) is 0.0480. The zero-order valence-corrected chi connectivity index (χ0v) is 22.0. The van der Waals surface area contributed by atoms with Gasteiger partial charge in [-0.2, -0.15) is 0 Å². The molecule has 0 spiro atoms. The fourth-order valence-electron chi connectivity index (χ4n) is 3.08. The molecule has 38 heavy (non-hydrogen) atoms. The lowest BCUT2D eigenvalue weighted by molar-refractivity contribution is -0.158. The lowest BCUT2D eigenvalue weighted by Crippen LogP contribution is -2.57. The number of carbonyl (C=O) groups excluding carboxylic acids is 6. The second kappa shape index (κ2) is 18.2. The van der Waals surface area contributed by atoms with E-state index in [1.807, 2.05) is 6.92 Å². The van der Waals surface area contributed by atoms with E-state index in [0.717, 1.165) is 13.3 Å². The van der Waals surface area contributed by atoms with E-state index in [0.29, 0.717) is 6.42 Å². The largest absolute Gasteiger partial charge is 0.464 e. The number of esters is 1. The summed E-state index contributed by atoms with van der Waals surface area (Å²) in [5.41, 5.74) is 5.13. The third-order valence-electron chi connectivity index (χ3n) is 5.29. The highest BCUT2D eigenvalue weighted by molar-refractivity contribution is 5.91. The van der Waals surface area contributed by atoms with E-state index >= 15 is 0 Å². The Kier molecular flexibility index (Phi) is 16.7. The average Bonchev–Trinajstić information content (AvgIpc) is 2.86. The van der Waals surface area contributed by atoms with Crippen LogP contribution in [0.5, 0.6) is 0 Å². The summed E-state index contributed by atoms with van der Waals surface area (Å²) >= 11 is 0. The minimum Gasteiger partial charge on any atom is -0.464 e. The maximum Gasteiger partial charge on any atom is 0.328 e. The molecule has 15 nitrogen and oxygen atoms in total. The number of hydrogen-bond acceptors (Lipinski definition) is 11. The molecular formula is C23H40N4O11. The molecule has 0 aliphatic heterocycles. The summed E-state index contributed by atoms with van der Waals surface area (Å²) in [5, 5.41) is 36.2. The third kappa shape index (κ3) is 12.9. The Labute approximate surface area is 220 Å². The van der Waals surface area contributed by atoms with Crippen molar-refractivity contribution in [3.63, 3.8) is 0 Å². The van der Waals surface area contributed by atoms with Crippen LogP contribution in [0, 0.1) is 0 Å². The van der Waals surface area contributed by atoms with Crippen LogP contribution in [-0.4, -0.2) is 107 Å². The molecule has 15 heteroatoms. The Balaban J connectivity index is 5.37. The minimum absolute atomic E-state index is 0.116. The number of nitrogens with one attached hydrogen (secondary N) is 3. The summed E-state index contributed by atoms with van der Waals surface area (Å²) < 4.78 is 10.5. The molecule has 0 aromatic heterocycles. The summed E-state index contributed by atoms with van der Waals surface area (Å²) in [6.45, 7) is 4.74. The van der Waals surface area contributed by atoms with E-state index < -0.39 is 78.7 Å². The molecule has 0 bridgehead atoms. The second-order valence-corrected chi connectivity index (χ2v) is 8.66. The number of unbranched alkanes of at least 4 members (excludes halogenated alkanes) is 1. The van der Waals surface area contributed by atoms with Crippen molar-refractivity contribution in [2.75, 3.05) is 13.2 Å². The van der Waals surface area contributed by atoms with Crippen LogP contribution in [0.3, 0.4) is 0 Å². The van der Waals surface area contributed by atoms with Crippen LogP contribution < -0.4 is 21.7 Å². The molecule has 4 amide bonds. The average molecular weight is 549 g/mol. The SMILES string of the molecule is CCCCOC(=O)C(CCC(N)=O)NC(=O)C(C)NC(=O)C(C)OC(C(C=O)NC(C)=O)C(O)C(O)CO. The minimum atomic E-state index is -1.87. The maximum absolute atomic E-state index is 12.7. The molecule has 0 aromatic carbocycles. The number of primary amides is 1. The molecule has 218 valence electrons.